The zero-order chi connectivity index (χ0) is 14.3. The van der Waals surface area contributed by atoms with E-state index in [1.54, 1.807) is 6.92 Å². The van der Waals surface area contributed by atoms with Gasteiger partial charge in [0.15, 0.2) is 0 Å². The molecule has 2 rings (SSSR count). The molecule has 3 nitrogen and oxygen atoms in total. The maximum absolute atomic E-state index is 12.8. The van der Waals surface area contributed by atoms with Crippen molar-refractivity contribution in [3.63, 3.8) is 0 Å². The maximum atomic E-state index is 12.8. The predicted octanol–water partition coefficient (Wildman–Crippen LogP) is 3.29. The van der Waals surface area contributed by atoms with E-state index in [0.29, 0.717) is 12.3 Å². The fourth-order valence-corrected chi connectivity index (χ4v) is 1.54. The van der Waals surface area contributed by atoms with Crippen molar-refractivity contribution in [1.82, 2.24) is 0 Å². The Bertz CT molecular complexity index is 568. The van der Waals surface area contributed by atoms with Crippen LogP contribution in [0.25, 0.3) is 0 Å². The zero-order valence-electron chi connectivity index (χ0n) is 10.1. The summed E-state index contributed by atoms with van der Waals surface area (Å²) in [4.78, 5) is 0. The lowest BCUT2D eigenvalue weighted by Gasteiger charge is -2.15. The number of nitriles is 1. The second kappa shape index (κ2) is 4.28. The molecule has 1 saturated heterocycles. The summed E-state index contributed by atoms with van der Waals surface area (Å²) in [5, 5.41) is 11.5. The number of hydrogen-bond donors (Lipinski definition) is 1. The van der Waals surface area contributed by atoms with Gasteiger partial charge in [0.1, 0.15) is 5.60 Å². The second-order valence-corrected chi connectivity index (χ2v) is 4.49. The number of alkyl halides is 3. The molecule has 1 aromatic rings. The van der Waals surface area contributed by atoms with Gasteiger partial charge in [-0.05, 0) is 25.1 Å². The summed E-state index contributed by atoms with van der Waals surface area (Å²) in [5.74, 6) is 0. The summed E-state index contributed by atoms with van der Waals surface area (Å²) in [5.41, 5.74) is -1.17. The fourth-order valence-electron chi connectivity index (χ4n) is 1.54. The molecule has 19 heavy (non-hydrogen) atoms. The molecule has 1 fully saturated rings. The third-order valence-corrected chi connectivity index (χ3v) is 2.96. The van der Waals surface area contributed by atoms with Gasteiger partial charge in [-0.2, -0.15) is 18.4 Å². The van der Waals surface area contributed by atoms with Crippen molar-refractivity contribution in [1.29, 1.82) is 5.26 Å². The molecule has 0 aromatic heterocycles. The summed E-state index contributed by atoms with van der Waals surface area (Å²) in [6.45, 7) is 6.01. The molecule has 0 spiro atoms. The van der Waals surface area contributed by atoms with Gasteiger partial charge >= 0.3 is 6.18 Å². The van der Waals surface area contributed by atoms with Crippen molar-refractivity contribution in [2.75, 3.05) is 11.9 Å². The summed E-state index contributed by atoms with van der Waals surface area (Å²) in [6.07, 6.45) is -4.57. The number of ether oxygens (including phenoxy) is 1. The molecule has 1 aliphatic heterocycles. The molecule has 6 heteroatoms. The van der Waals surface area contributed by atoms with Crippen molar-refractivity contribution in [2.24, 2.45) is 0 Å². The molecule has 100 valence electrons. The van der Waals surface area contributed by atoms with Crippen LogP contribution in [0.3, 0.4) is 0 Å². The van der Waals surface area contributed by atoms with Crippen LogP contribution in [-0.4, -0.2) is 12.2 Å². The average Bonchev–Trinajstić information content (AvgIpc) is 3.07. The van der Waals surface area contributed by atoms with E-state index in [-0.39, 0.29) is 5.69 Å². The number of nitrogens with one attached hydrogen (secondary N) is 1. The summed E-state index contributed by atoms with van der Waals surface area (Å²) in [6, 6.07) is 4.97. The van der Waals surface area contributed by atoms with E-state index in [4.69, 9.17) is 10.00 Å². The number of halogens is 3. The van der Waals surface area contributed by atoms with E-state index >= 15 is 0 Å². The van der Waals surface area contributed by atoms with Crippen LogP contribution >= 0.6 is 0 Å². The van der Waals surface area contributed by atoms with E-state index in [1.807, 2.05) is 0 Å². The molecule has 1 N–H and O–H groups in total. The number of hydrogen-bond acceptors (Lipinski definition) is 3. The highest BCUT2D eigenvalue weighted by atomic mass is 19.4. The first-order chi connectivity index (χ1) is 8.76. The van der Waals surface area contributed by atoms with Gasteiger partial charge in [0, 0.05) is 11.4 Å². The first-order valence-corrected chi connectivity index (χ1v) is 5.48. The van der Waals surface area contributed by atoms with Crippen molar-refractivity contribution in [3.05, 3.63) is 41.6 Å². The van der Waals surface area contributed by atoms with Gasteiger partial charge in [0.05, 0.1) is 23.8 Å². The molecule has 0 saturated carbocycles. The Morgan fingerprint density at radius 2 is 2.16 bits per heavy atom. The maximum Gasteiger partial charge on any atom is 0.417 e. The SMILES string of the molecule is C=C(Nc1ccc(C#N)c(C(F)(F)F)c1)C1(C)CO1. The van der Waals surface area contributed by atoms with Gasteiger partial charge in [-0.1, -0.05) is 6.58 Å². The Kier molecular flexibility index (Phi) is 3.03. The van der Waals surface area contributed by atoms with Crippen LogP contribution in [0.5, 0.6) is 0 Å². The number of nitrogens with zero attached hydrogens (tertiary/aromatic N) is 1. The highest BCUT2D eigenvalue weighted by Gasteiger charge is 2.42. The van der Waals surface area contributed by atoms with Crippen LogP contribution < -0.4 is 5.32 Å². The first kappa shape index (κ1) is 13.4. The number of epoxide rings is 1. The quantitative estimate of drug-likeness (QED) is 0.856. The number of benzene rings is 1. The monoisotopic (exact) mass is 268 g/mol. The van der Waals surface area contributed by atoms with Gasteiger partial charge in [-0.15, -0.1) is 0 Å². The molecule has 0 aliphatic carbocycles. The Balaban J connectivity index is 2.29. The van der Waals surface area contributed by atoms with Crippen LogP contribution in [0.15, 0.2) is 30.5 Å². The highest BCUT2D eigenvalue weighted by molar-refractivity contribution is 5.56. The van der Waals surface area contributed by atoms with Gasteiger partial charge in [0.25, 0.3) is 0 Å². The predicted molar refractivity (Wildman–Crippen MR) is 63.3 cm³/mol. The fraction of sp³-hybridized carbons (Fsp3) is 0.308. The first-order valence-electron chi connectivity index (χ1n) is 5.48. The zero-order valence-corrected chi connectivity index (χ0v) is 10.1. The molecular weight excluding hydrogens is 257 g/mol. The third-order valence-electron chi connectivity index (χ3n) is 2.96. The topological polar surface area (TPSA) is 48.4 Å². The lowest BCUT2D eigenvalue weighted by Crippen LogP contribution is -2.16. The Morgan fingerprint density at radius 1 is 1.53 bits per heavy atom. The summed E-state index contributed by atoms with van der Waals surface area (Å²) in [7, 11) is 0. The second-order valence-electron chi connectivity index (χ2n) is 4.49. The van der Waals surface area contributed by atoms with E-state index in [2.05, 4.69) is 11.9 Å². The van der Waals surface area contributed by atoms with Crippen LogP contribution in [0.2, 0.25) is 0 Å². The van der Waals surface area contributed by atoms with Crippen LogP contribution in [0.4, 0.5) is 18.9 Å². The van der Waals surface area contributed by atoms with Crippen LogP contribution in [0.1, 0.15) is 18.1 Å². The third kappa shape index (κ3) is 2.71. The van der Waals surface area contributed by atoms with Crippen molar-refractivity contribution >= 4 is 5.69 Å². The van der Waals surface area contributed by atoms with Crippen LogP contribution in [0, 0.1) is 11.3 Å². The Labute approximate surface area is 108 Å². The lowest BCUT2D eigenvalue weighted by molar-refractivity contribution is -0.137. The lowest BCUT2D eigenvalue weighted by atomic mass is 10.1. The molecule has 0 amide bonds. The molecule has 0 bridgehead atoms. The van der Waals surface area contributed by atoms with E-state index < -0.39 is 22.9 Å². The van der Waals surface area contributed by atoms with Gasteiger partial charge in [0.2, 0.25) is 0 Å². The normalized spacial score (nSPS) is 21.6. The number of anilines is 1. The van der Waals surface area contributed by atoms with Crippen molar-refractivity contribution in [2.45, 2.75) is 18.7 Å². The highest BCUT2D eigenvalue weighted by Crippen LogP contribution is 2.36. The molecular formula is C13H11F3N2O. The van der Waals surface area contributed by atoms with Crippen molar-refractivity contribution < 1.29 is 17.9 Å². The Hall–Kier alpha value is -2.00. The molecule has 1 heterocycles. The largest absolute Gasteiger partial charge is 0.417 e. The van der Waals surface area contributed by atoms with E-state index in [9.17, 15) is 13.2 Å². The molecule has 0 radical (unpaired) electrons. The molecule has 1 atom stereocenters. The number of rotatable bonds is 3. The van der Waals surface area contributed by atoms with Gasteiger partial charge < -0.3 is 10.1 Å². The summed E-state index contributed by atoms with van der Waals surface area (Å²) < 4.78 is 43.5. The minimum atomic E-state index is -4.57. The van der Waals surface area contributed by atoms with E-state index in [0.717, 1.165) is 12.1 Å². The smallest absolute Gasteiger partial charge is 0.363 e. The molecule has 1 aliphatic rings. The standard InChI is InChI=1S/C13H11F3N2O/c1-8(12(2)7-19-12)18-10-4-3-9(6-17)11(5-10)13(14,15)16/h3-5,18H,1,7H2,2H3. The Morgan fingerprint density at radius 3 is 2.63 bits per heavy atom. The minimum absolute atomic E-state index is 0.230. The molecule has 1 unspecified atom stereocenters. The molecule has 1 aromatic carbocycles. The van der Waals surface area contributed by atoms with Gasteiger partial charge in [-0.3, -0.25) is 0 Å². The van der Waals surface area contributed by atoms with Crippen LogP contribution in [-0.2, 0) is 10.9 Å². The average molecular weight is 268 g/mol. The summed E-state index contributed by atoms with van der Waals surface area (Å²) >= 11 is 0. The van der Waals surface area contributed by atoms with Gasteiger partial charge in [-0.25, -0.2) is 0 Å². The van der Waals surface area contributed by atoms with E-state index in [1.165, 1.54) is 12.1 Å². The van der Waals surface area contributed by atoms with Crippen molar-refractivity contribution in [3.8, 4) is 6.07 Å². The minimum Gasteiger partial charge on any atom is -0.363 e.